The van der Waals surface area contributed by atoms with Crippen LogP contribution in [0.5, 0.6) is 11.5 Å². The summed E-state index contributed by atoms with van der Waals surface area (Å²) in [5, 5.41) is 13.2. The smallest absolute Gasteiger partial charge is 0.164 e. The molecule has 0 saturated carbocycles. The van der Waals surface area contributed by atoms with Gasteiger partial charge in [0.15, 0.2) is 11.5 Å². The Hall–Kier alpha value is -2.78. The van der Waals surface area contributed by atoms with Gasteiger partial charge in [-0.1, -0.05) is 0 Å². The van der Waals surface area contributed by atoms with Crippen LogP contribution in [0.25, 0.3) is 11.3 Å². The number of hydrogen-bond donors (Lipinski definition) is 2. The topological polar surface area (TPSA) is 93.2 Å². The van der Waals surface area contributed by atoms with E-state index in [4.69, 9.17) is 15.2 Å². The largest absolute Gasteiger partial charge is 0.493 e. The number of aromatic nitrogens is 1. The van der Waals surface area contributed by atoms with Gasteiger partial charge in [-0.2, -0.15) is 5.26 Å². The highest BCUT2D eigenvalue weighted by atomic mass is 16.5. The van der Waals surface area contributed by atoms with Crippen molar-refractivity contribution in [2.75, 3.05) is 33.0 Å². The number of fused-ring (bicyclic) bond motifs is 3. The second kappa shape index (κ2) is 6.50. The number of anilines is 1. The number of piperidine rings is 1. The fraction of sp³-hybridized carbons (Fsp3) is 0.400. The first kappa shape index (κ1) is 16.7. The van der Waals surface area contributed by atoms with Gasteiger partial charge in [-0.15, -0.1) is 0 Å². The van der Waals surface area contributed by atoms with Crippen molar-refractivity contribution >= 4 is 5.82 Å². The van der Waals surface area contributed by atoms with E-state index in [1.165, 1.54) is 0 Å². The zero-order valence-electron chi connectivity index (χ0n) is 15.1. The monoisotopic (exact) mass is 350 g/mol. The molecule has 1 aliphatic heterocycles. The molecule has 2 aliphatic rings. The van der Waals surface area contributed by atoms with Gasteiger partial charge in [-0.3, -0.25) is 0 Å². The summed E-state index contributed by atoms with van der Waals surface area (Å²) in [5.41, 5.74) is 11.8. The lowest BCUT2D eigenvalue weighted by Gasteiger charge is -2.26. The summed E-state index contributed by atoms with van der Waals surface area (Å²) in [6.45, 7) is 1.88. The Bertz CT molecular complexity index is 911. The number of nitrogen functional groups attached to an aromatic ring is 1. The summed E-state index contributed by atoms with van der Waals surface area (Å²) in [7, 11) is 3.28. The average Bonchev–Trinajstić information content (AvgIpc) is 3.04. The molecule has 1 atom stereocenters. The van der Waals surface area contributed by atoms with E-state index < -0.39 is 0 Å². The van der Waals surface area contributed by atoms with Gasteiger partial charge in [0.05, 0.1) is 25.5 Å². The maximum atomic E-state index is 9.73. The Labute approximate surface area is 152 Å². The molecule has 1 aliphatic carbocycles. The third kappa shape index (κ3) is 2.39. The Morgan fingerprint density at radius 3 is 2.77 bits per heavy atom. The van der Waals surface area contributed by atoms with Crippen LogP contribution in [0.1, 0.15) is 41.0 Å². The van der Waals surface area contributed by atoms with Gasteiger partial charge in [0.25, 0.3) is 0 Å². The van der Waals surface area contributed by atoms with Crippen molar-refractivity contribution in [2.45, 2.75) is 25.2 Å². The van der Waals surface area contributed by atoms with Crippen molar-refractivity contribution in [2.24, 2.45) is 0 Å². The number of benzene rings is 1. The van der Waals surface area contributed by atoms with Gasteiger partial charge in [0.1, 0.15) is 11.9 Å². The normalized spacial score (nSPS) is 18.0. The van der Waals surface area contributed by atoms with Gasteiger partial charge < -0.3 is 20.5 Å². The predicted molar refractivity (Wildman–Crippen MR) is 99.6 cm³/mol. The molecule has 1 fully saturated rings. The minimum absolute atomic E-state index is 0.277. The molecule has 26 heavy (non-hydrogen) atoms. The van der Waals surface area contributed by atoms with Gasteiger partial charge in [-0.05, 0) is 48.6 Å². The molecule has 0 unspecified atom stereocenters. The van der Waals surface area contributed by atoms with Crippen molar-refractivity contribution < 1.29 is 9.47 Å². The minimum atomic E-state index is 0.277. The number of nitrogens with one attached hydrogen (secondary N) is 1. The molecule has 0 amide bonds. The number of pyridine rings is 1. The second-order valence-corrected chi connectivity index (χ2v) is 6.77. The van der Waals surface area contributed by atoms with Crippen LogP contribution in [-0.2, 0) is 6.42 Å². The Kier molecular flexibility index (Phi) is 4.17. The van der Waals surface area contributed by atoms with E-state index in [-0.39, 0.29) is 5.92 Å². The number of nitrogens with two attached hydrogens (primary N) is 1. The third-order valence-electron chi connectivity index (χ3n) is 5.44. The number of methoxy groups -OCH3 is 2. The molecule has 6 heteroatoms. The molecule has 0 spiro atoms. The average molecular weight is 350 g/mol. The lowest BCUT2D eigenvalue weighted by Crippen LogP contribution is -2.29. The van der Waals surface area contributed by atoms with Crippen molar-refractivity contribution in [3.63, 3.8) is 0 Å². The van der Waals surface area contributed by atoms with Crippen LogP contribution in [0.2, 0.25) is 0 Å². The van der Waals surface area contributed by atoms with E-state index in [0.29, 0.717) is 23.6 Å². The van der Waals surface area contributed by atoms with E-state index in [1.807, 2.05) is 12.1 Å². The predicted octanol–water partition coefficient (Wildman–Crippen LogP) is 2.59. The van der Waals surface area contributed by atoms with Crippen LogP contribution < -0.4 is 20.5 Å². The number of nitrogens with zero attached hydrogens (tertiary/aromatic N) is 2. The highest BCUT2D eigenvalue weighted by molar-refractivity contribution is 5.82. The standard InChI is InChI=1S/C20H22N4O2/c1-25-16-6-5-12-13(19(16)26-2)8-14-17(11-4-3-7-23-10-11)15(9-21)20(22)24-18(12)14/h5-6,11,23H,3-4,7-8,10H2,1-2H3,(H2,22,24)/t11-/m0/s1. The van der Waals surface area contributed by atoms with Gasteiger partial charge in [-0.25, -0.2) is 4.98 Å². The highest BCUT2D eigenvalue weighted by Gasteiger charge is 2.33. The molecular weight excluding hydrogens is 328 g/mol. The summed E-state index contributed by atoms with van der Waals surface area (Å²) in [4.78, 5) is 4.59. The van der Waals surface area contributed by atoms with Crippen LogP contribution >= 0.6 is 0 Å². The quantitative estimate of drug-likeness (QED) is 0.754. The minimum Gasteiger partial charge on any atom is -0.493 e. The highest BCUT2D eigenvalue weighted by Crippen LogP contribution is 2.48. The van der Waals surface area contributed by atoms with Crippen molar-refractivity contribution in [3.8, 4) is 28.8 Å². The van der Waals surface area contributed by atoms with E-state index in [0.717, 1.165) is 59.6 Å². The molecule has 4 rings (SSSR count). The summed E-state index contributed by atoms with van der Waals surface area (Å²) in [6.07, 6.45) is 2.82. The van der Waals surface area contributed by atoms with E-state index >= 15 is 0 Å². The van der Waals surface area contributed by atoms with Crippen LogP contribution in [0.15, 0.2) is 12.1 Å². The summed E-state index contributed by atoms with van der Waals surface area (Å²) in [5.74, 6) is 2.02. The molecule has 1 aromatic heterocycles. The molecular formula is C20H22N4O2. The number of nitriles is 1. The maximum absolute atomic E-state index is 9.73. The van der Waals surface area contributed by atoms with Crippen molar-refractivity contribution in [1.82, 2.24) is 10.3 Å². The third-order valence-corrected chi connectivity index (χ3v) is 5.44. The molecule has 0 radical (unpaired) electrons. The number of rotatable bonds is 3. The maximum Gasteiger partial charge on any atom is 0.164 e. The zero-order chi connectivity index (χ0) is 18.3. The first-order chi connectivity index (χ1) is 12.7. The number of hydrogen-bond acceptors (Lipinski definition) is 6. The summed E-state index contributed by atoms with van der Waals surface area (Å²) in [6, 6.07) is 6.19. The lowest BCUT2D eigenvalue weighted by molar-refractivity contribution is 0.352. The SMILES string of the molecule is COc1ccc2c(c1OC)Cc1c-2nc(N)c(C#N)c1[C@H]1CCCNC1. The molecule has 6 nitrogen and oxygen atoms in total. The fourth-order valence-corrected chi connectivity index (χ4v) is 4.29. The first-order valence-corrected chi connectivity index (χ1v) is 8.86. The van der Waals surface area contributed by atoms with Crippen LogP contribution in [0.4, 0.5) is 5.82 Å². The van der Waals surface area contributed by atoms with Gasteiger partial charge in [0, 0.05) is 24.1 Å². The van der Waals surface area contributed by atoms with Crippen LogP contribution in [-0.4, -0.2) is 32.3 Å². The van der Waals surface area contributed by atoms with E-state index in [9.17, 15) is 5.26 Å². The van der Waals surface area contributed by atoms with Crippen LogP contribution in [0.3, 0.4) is 0 Å². The molecule has 0 bridgehead atoms. The summed E-state index contributed by atoms with van der Waals surface area (Å²) < 4.78 is 11.1. The van der Waals surface area contributed by atoms with Crippen LogP contribution in [0, 0.1) is 11.3 Å². The molecule has 1 saturated heterocycles. The van der Waals surface area contributed by atoms with Crippen molar-refractivity contribution in [1.29, 1.82) is 5.26 Å². The zero-order valence-corrected chi connectivity index (χ0v) is 15.1. The summed E-state index contributed by atoms with van der Waals surface area (Å²) >= 11 is 0. The first-order valence-electron chi connectivity index (χ1n) is 8.86. The lowest BCUT2D eigenvalue weighted by atomic mass is 9.85. The fourth-order valence-electron chi connectivity index (χ4n) is 4.29. The van der Waals surface area contributed by atoms with Gasteiger partial charge in [0.2, 0.25) is 0 Å². The van der Waals surface area contributed by atoms with Gasteiger partial charge >= 0.3 is 0 Å². The Morgan fingerprint density at radius 1 is 1.27 bits per heavy atom. The Morgan fingerprint density at radius 2 is 2.12 bits per heavy atom. The molecule has 2 heterocycles. The Balaban J connectivity index is 1.93. The molecule has 2 aromatic rings. The number of ether oxygens (including phenoxy) is 2. The molecule has 3 N–H and O–H groups in total. The van der Waals surface area contributed by atoms with Crippen molar-refractivity contribution in [3.05, 3.63) is 34.4 Å². The van der Waals surface area contributed by atoms with E-state index in [1.54, 1.807) is 14.2 Å². The van der Waals surface area contributed by atoms with E-state index in [2.05, 4.69) is 16.4 Å². The second-order valence-electron chi connectivity index (χ2n) is 6.77. The molecule has 134 valence electrons. The molecule has 1 aromatic carbocycles.